The maximum absolute atomic E-state index is 12.0. The molecule has 0 radical (unpaired) electrons. The van der Waals surface area contributed by atoms with Gasteiger partial charge in [0, 0.05) is 0 Å². The Morgan fingerprint density at radius 3 is 2.10 bits per heavy atom. The molecule has 5 nitrogen and oxygen atoms in total. The predicted octanol–water partition coefficient (Wildman–Crippen LogP) is 1.55. The lowest BCUT2D eigenvalue weighted by atomic mass is 9.97. The van der Waals surface area contributed by atoms with Crippen LogP contribution in [0.4, 0.5) is 0 Å². The molecule has 0 bridgehead atoms. The summed E-state index contributed by atoms with van der Waals surface area (Å²) in [5.41, 5.74) is 11.2. The summed E-state index contributed by atoms with van der Waals surface area (Å²) in [6.45, 7) is 8.20. The normalized spacial score (nSPS) is 15.7. The Morgan fingerprint density at radius 1 is 1.10 bits per heavy atom. The summed E-state index contributed by atoms with van der Waals surface area (Å²) < 4.78 is 0. The van der Waals surface area contributed by atoms with E-state index in [-0.39, 0.29) is 11.8 Å². The van der Waals surface area contributed by atoms with E-state index in [9.17, 15) is 9.59 Å². The van der Waals surface area contributed by atoms with Crippen molar-refractivity contribution in [2.24, 2.45) is 23.3 Å². The van der Waals surface area contributed by atoms with Gasteiger partial charge >= 0.3 is 0 Å². The van der Waals surface area contributed by atoms with E-state index in [0.717, 1.165) is 25.7 Å². The standard InChI is InChI=1S/C15H31N3O2/c1-5-11(4)13(14(17)19)18-15(20)12(16)9-7-6-8-10(2)3/h10-13H,5-9,16H2,1-4H3,(H2,17,19)(H,18,20). The number of hydrogen-bond acceptors (Lipinski definition) is 3. The van der Waals surface area contributed by atoms with Crippen LogP contribution in [-0.2, 0) is 9.59 Å². The molecule has 0 aromatic carbocycles. The second kappa shape index (κ2) is 9.75. The zero-order valence-corrected chi connectivity index (χ0v) is 13.3. The van der Waals surface area contributed by atoms with Gasteiger partial charge in [0.15, 0.2) is 0 Å². The van der Waals surface area contributed by atoms with E-state index >= 15 is 0 Å². The minimum absolute atomic E-state index is 0.0181. The predicted molar refractivity (Wildman–Crippen MR) is 81.9 cm³/mol. The Balaban J connectivity index is 4.19. The molecule has 0 aromatic heterocycles. The van der Waals surface area contributed by atoms with E-state index < -0.39 is 18.0 Å². The van der Waals surface area contributed by atoms with Gasteiger partial charge in [-0.3, -0.25) is 9.59 Å². The Labute approximate surface area is 122 Å². The zero-order valence-electron chi connectivity index (χ0n) is 13.3. The minimum Gasteiger partial charge on any atom is -0.368 e. The van der Waals surface area contributed by atoms with E-state index in [0.29, 0.717) is 12.3 Å². The lowest BCUT2D eigenvalue weighted by Gasteiger charge is -2.23. The van der Waals surface area contributed by atoms with Crippen molar-refractivity contribution in [3.63, 3.8) is 0 Å². The maximum atomic E-state index is 12.0. The first kappa shape index (κ1) is 18.9. The molecule has 5 heteroatoms. The molecule has 3 unspecified atom stereocenters. The van der Waals surface area contributed by atoms with Gasteiger partial charge in [-0.25, -0.2) is 0 Å². The monoisotopic (exact) mass is 285 g/mol. The summed E-state index contributed by atoms with van der Waals surface area (Å²) >= 11 is 0. The van der Waals surface area contributed by atoms with Gasteiger partial charge in [-0.1, -0.05) is 53.4 Å². The highest BCUT2D eigenvalue weighted by Gasteiger charge is 2.25. The molecule has 5 N–H and O–H groups in total. The molecule has 0 saturated heterocycles. The van der Waals surface area contributed by atoms with Gasteiger partial charge in [-0.15, -0.1) is 0 Å². The Morgan fingerprint density at radius 2 is 1.65 bits per heavy atom. The number of carbonyl (C=O) groups is 2. The molecular formula is C15H31N3O2. The first-order chi connectivity index (χ1) is 9.29. The van der Waals surface area contributed by atoms with Gasteiger partial charge in [-0.2, -0.15) is 0 Å². The van der Waals surface area contributed by atoms with Crippen LogP contribution in [0.25, 0.3) is 0 Å². The lowest BCUT2D eigenvalue weighted by molar-refractivity contribution is -0.129. The highest BCUT2D eigenvalue weighted by molar-refractivity contribution is 5.89. The fourth-order valence-electron chi connectivity index (χ4n) is 2.04. The number of rotatable bonds is 10. The smallest absolute Gasteiger partial charge is 0.240 e. The molecule has 0 aliphatic rings. The van der Waals surface area contributed by atoms with Gasteiger partial charge in [-0.05, 0) is 18.3 Å². The van der Waals surface area contributed by atoms with Crippen LogP contribution in [0.2, 0.25) is 0 Å². The number of carbonyl (C=O) groups excluding carboxylic acids is 2. The van der Waals surface area contributed by atoms with Gasteiger partial charge in [0.1, 0.15) is 6.04 Å². The summed E-state index contributed by atoms with van der Waals surface area (Å²) in [5.74, 6) is -0.0901. The van der Waals surface area contributed by atoms with Crippen LogP contribution in [-0.4, -0.2) is 23.9 Å². The maximum Gasteiger partial charge on any atom is 0.240 e. The molecule has 0 aromatic rings. The summed E-state index contributed by atoms with van der Waals surface area (Å²) in [7, 11) is 0. The van der Waals surface area contributed by atoms with Crippen LogP contribution in [0.5, 0.6) is 0 Å². The fraction of sp³-hybridized carbons (Fsp3) is 0.867. The van der Waals surface area contributed by atoms with Crippen molar-refractivity contribution in [3.8, 4) is 0 Å². The SMILES string of the molecule is CCC(C)C(NC(=O)C(N)CCCCC(C)C)C(N)=O. The van der Waals surface area contributed by atoms with Crippen LogP contribution in [0, 0.1) is 11.8 Å². The number of unbranched alkanes of at least 4 members (excludes halogenated alkanes) is 1. The van der Waals surface area contributed by atoms with Crippen molar-refractivity contribution in [3.05, 3.63) is 0 Å². The van der Waals surface area contributed by atoms with Crippen molar-refractivity contribution in [1.82, 2.24) is 5.32 Å². The van der Waals surface area contributed by atoms with E-state index in [2.05, 4.69) is 19.2 Å². The highest BCUT2D eigenvalue weighted by atomic mass is 16.2. The van der Waals surface area contributed by atoms with E-state index in [1.807, 2.05) is 13.8 Å². The molecule has 0 rings (SSSR count). The number of primary amides is 1. The minimum atomic E-state index is -0.630. The second-order valence-electron chi connectivity index (χ2n) is 6.06. The average Bonchev–Trinajstić information content (AvgIpc) is 2.38. The molecule has 2 amide bonds. The summed E-state index contributed by atoms with van der Waals surface area (Å²) in [4.78, 5) is 23.3. The van der Waals surface area contributed by atoms with Crippen LogP contribution >= 0.6 is 0 Å². The fourth-order valence-corrected chi connectivity index (χ4v) is 2.04. The van der Waals surface area contributed by atoms with Crippen molar-refractivity contribution >= 4 is 11.8 Å². The number of nitrogens with two attached hydrogens (primary N) is 2. The molecule has 0 aliphatic heterocycles. The van der Waals surface area contributed by atoms with Crippen molar-refractivity contribution in [2.75, 3.05) is 0 Å². The third-order valence-corrected chi connectivity index (χ3v) is 3.70. The van der Waals surface area contributed by atoms with Crippen molar-refractivity contribution in [2.45, 2.75) is 71.9 Å². The first-order valence-corrected chi connectivity index (χ1v) is 7.64. The van der Waals surface area contributed by atoms with E-state index in [1.54, 1.807) is 0 Å². The summed E-state index contributed by atoms with van der Waals surface area (Å²) in [6, 6.07) is -1.19. The van der Waals surface area contributed by atoms with Crippen LogP contribution in [0.15, 0.2) is 0 Å². The molecule has 0 aliphatic carbocycles. The van der Waals surface area contributed by atoms with Crippen LogP contribution in [0.1, 0.15) is 59.8 Å². The van der Waals surface area contributed by atoms with Crippen molar-refractivity contribution in [1.29, 1.82) is 0 Å². The van der Waals surface area contributed by atoms with Gasteiger partial charge in [0.25, 0.3) is 0 Å². The lowest BCUT2D eigenvalue weighted by Crippen LogP contribution is -2.53. The summed E-state index contributed by atoms with van der Waals surface area (Å²) in [6.07, 6.45) is 4.56. The Bertz CT molecular complexity index is 305. The zero-order chi connectivity index (χ0) is 15.7. The van der Waals surface area contributed by atoms with Gasteiger partial charge < -0.3 is 16.8 Å². The van der Waals surface area contributed by atoms with E-state index in [1.165, 1.54) is 0 Å². The topological polar surface area (TPSA) is 98.2 Å². The van der Waals surface area contributed by atoms with E-state index in [4.69, 9.17) is 11.5 Å². The quantitative estimate of drug-likeness (QED) is 0.531. The number of amides is 2. The number of hydrogen-bond donors (Lipinski definition) is 3. The molecule has 118 valence electrons. The van der Waals surface area contributed by atoms with Gasteiger partial charge in [0.05, 0.1) is 6.04 Å². The molecule has 0 saturated carbocycles. The third-order valence-electron chi connectivity index (χ3n) is 3.70. The second-order valence-corrected chi connectivity index (χ2v) is 6.06. The summed E-state index contributed by atoms with van der Waals surface area (Å²) in [5, 5.41) is 2.68. The third kappa shape index (κ3) is 7.48. The highest BCUT2D eigenvalue weighted by Crippen LogP contribution is 2.10. The molecule has 3 atom stereocenters. The number of nitrogens with one attached hydrogen (secondary N) is 1. The largest absolute Gasteiger partial charge is 0.368 e. The Hall–Kier alpha value is -1.10. The van der Waals surface area contributed by atoms with Gasteiger partial charge in [0.2, 0.25) is 11.8 Å². The van der Waals surface area contributed by atoms with Crippen LogP contribution < -0.4 is 16.8 Å². The Kier molecular flexibility index (Phi) is 9.21. The molecule has 0 heterocycles. The van der Waals surface area contributed by atoms with Crippen LogP contribution in [0.3, 0.4) is 0 Å². The molecule has 20 heavy (non-hydrogen) atoms. The molecular weight excluding hydrogens is 254 g/mol. The molecule has 0 spiro atoms. The average molecular weight is 285 g/mol. The first-order valence-electron chi connectivity index (χ1n) is 7.64. The molecule has 0 fully saturated rings. The van der Waals surface area contributed by atoms with Crippen molar-refractivity contribution < 1.29 is 9.59 Å².